The van der Waals surface area contributed by atoms with E-state index in [-0.39, 0.29) is 11.0 Å². The summed E-state index contributed by atoms with van der Waals surface area (Å²) in [6, 6.07) is 3.61. The minimum absolute atomic E-state index is 0.0973. The van der Waals surface area contributed by atoms with Crippen molar-refractivity contribution in [2.45, 2.75) is 6.54 Å². The van der Waals surface area contributed by atoms with E-state index in [1.54, 1.807) is 17.0 Å². The van der Waals surface area contributed by atoms with E-state index < -0.39 is 0 Å². The second-order valence-corrected chi connectivity index (χ2v) is 3.83. The summed E-state index contributed by atoms with van der Waals surface area (Å²) in [5, 5.41) is 4.51. The van der Waals surface area contributed by atoms with Gasteiger partial charge in [0.15, 0.2) is 6.29 Å². The van der Waals surface area contributed by atoms with Crippen LogP contribution in [0.3, 0.4) is 0 Å². The summed E-state index contributed by atoms with van der Waals surface area (Å²) < 4.78 is 6.84. The highest BCUT2D eigenvalue weighted by atomic mass is 16.3. The van der Waals surface area contributed by atoms with Crippen LogP contribution in [-0.4, -0.2) is 21.1 Å². The summed E-state index contributed by atoms with van der Waals surface area (Å²) in [7, 11) is 0. The molecular weight excluding hydrogens is 234 g/mol. The van der Waals surface area contributed by atoms with Gasteiger partial charge in [-0.3, -0.25) is 9.59 Å². The number of pyridine rings is 1. The van der Waals surface area contributed by atoms with Crippen LogP contribution in [0.1, 0.15) is 16.1 Å². The molecule has 1 N–H and O–H groups in total. The highest BCUT2D eigenvalue weighted by Gasteiger charge is 2.10. The lowest BCUT2D eigenvalue weighted by molar-refractivity contribution is 0.112. The zero-order chi connectivity index (χ0) is 12.5. The molecular formula is C12H9N3O3. The highest BCUT2D eigenvalue weighted by molar-refractivity contribution is 5.83. The molecule has 0 aliphatic heterocycles. The van der Waals surface area contributed by atoms with Crippen LogP contribution in [0.4, 0.5) is 0 Å². The smallest absolute Gasteiger partial charge is 0.203 e. The number of carbonyl (C=O) groups excluding carboxylic acids is 1. The molecule has 0 aromatic carbocycles. The SMILES string of the molecule is O=Cc1c[nH]c2c(cnn2Cc2ccco2)c1=O. The predicted octanol–water partition coefficient (Wildman–Crippen LogP) is 1.18. The van der Waals surface area contributed by atoms with Crippen molar-refractivity contribution in [2.75, 3.05) is 0 Å². The number of carbonyl (C=O) groups is 1. The summed E-state index contributed by atoms with van der Waals surface area (Å²) in [5.41, 5.74) is 0.353. The Bertz CT molecular complexity index is 753. The molecule has 0 spiro atoms. The molecule has 3 rings (SSSR count). The number of nitrogens with zero attached hydrogens (tertiary/aromatic N) is 2. The van der Waals surface area contributed by atoms with Gasteiger partial charge < -0.3 is 9.40 Å². The van der Waals surface area contributed by atoms with Crippen molar-refractivity contribution in [1.82, 2.24) is 14.8 Å². The van der Waals surface area contributed by atoms with Crippen molar-refractivity contribution in [3.8, 4) is 0 Å². The average molecular weight is 243 g/mol. The normalized spacial score (nSPS) is 10.9. The van der Waals surface area contributed by atoms with E-state index in [4.69, 9.17) is 4.42 Å². The van der Waals surface area contributed by atoms with Gasteiger partial charge in [0, 0.05) is 6.20 Å². The maximum atomic E-state index is 11.8. The minimum atomic E-state index is -0.315. The fourth-order valence-corrected chi connectivity index (χ4v) is 1.83. The molecule has 0 saturated carbocycles. The summed E-state index contributed by atoms with van der Waals surface area (Å²) in [5.74, 6) is 0.736. The van der Waals surface area contributed by atoms with Gasteiger partial charge in [0.2, 0.25) is 5.43 Å². The molecule has 3 aromatic rings. The fraction of sp³-hybridized carbons (Fsp3) is 0.0833. The number of furan rings is 1. The second kappa shape index (κ2) is 3.99. The van der Waals surface area contributed by atoms with Crippen LogP contribution >= 0.6 is 0 Å². The first-order chi connectivity index (χ1) is 8.79. The number of aromatic nitrogens is 3. The van der Waals surface area contributed by atoms with Crippen LogP contribution in [-0.2, 0) is 6.54 Å². The van der Waals surface area contributed by atoms with E-state index >= 15 is 0 Å². The van der Waals surface area contributed by atoms with Gasteiger partial charge in [-0.1, -0.05) is 0 Å². The van der Waals surface area contributed by atoms with E-state index in [1.807, 2.05) is 6.07 Å². The van der Waals surface area contributed by atoms with Gasteiger partial charge in [-0.15, -0.1) is 0 Å². The number of H-pyrrole nitrogens is 1. The lowest BCUT2D eigenvalue weighted by atomic mass is 10.2. The number of aldehydes is 1. The zero-order valence-corrected chi connectivity index (χ0v) is 9.29. The Morgan fingerprint density at radius 3 is 3.11 bits per heavy atom. The van der Waals surface area contributed by atoms with E-state index in [9.17, 15) is 9.59 Å². The van der Waals surface area contributed by atoms with Crippen molar-refractivity contribution in [2.24, 2.45) is 0 Å². The average Bonchev–Trinajstić information content (AvgIpc) is 3.01. The first-order valence-corrected chi connectivity index (χ1v) is 5.34. The molecule has 0 aliphatic carbocycles. The number of rotatable bonds is 3. The quantitative estimate of drug-likeness (QED) is 0.700. The van der Waals surface area contributed by atoms with Crippen molar-refractivity contribution in [1.29, 1.82) is 0 Å². The largest absolute Gasteiger partial charge is 0.467 e. The third-order valence-corrected chi connectivity index (χ3v) is 2.72. The van der Waals surface area contributed by atoms with E-state index in [0.717, 1.165) is 5.76 Å². The first kappa shape index (κ1) is 10.5. The summed E-state index contributed by atoms with van der Waals surface area (Å²) >= 11 is 0. The molecule has 90 valence electrons. The van der Waals surface area contributed by atoms with Gasteiger partial charge in [0.05, 0.1) is 23.4 Å². The molecule has 0 bridgehead atoms. The van der Waals surface area contributed by atoms with Gasteiger partial charge in [-0.05, 0) is 12.1 Å². The van der Waals surface area contributed by atoms with Crippen LogP contribution in [0.25, 0.3) is 11.0 Å². The molecule has 0 aliphatic rings. The third kappa shape index (κ3) is 1.55. The monoisotopic (exact) mass is 243 g/mol. The van der Waals surface area contributed by atoms with Crippen molar-refractivity contribution in [3.05, 3.63) is 52.3 Å². The molecule has 0 unspecified atom stereocenters. The molecule has 0 atom stereocenters. The molecule has 18 heavy (non-hydrogen) atoms. The van der Waals surface area contributed by atoms with Gasteiger partial charge in [0.1, 0.15) is 18.0 Å². The first-order valence-electron chi connectivity index (χ1n) is 5.34. The van der Waals surface area contributed by atoms with E-state index in [1.165, 1.54) is 12.4 Å². The van der Waals surface area contributed by atoms with Crippen LogP contribution in [0.15, 0.2) is 40.0 Å². The Morgan fingerprint density at radius 1 is 1.50 bits per heavy atom. The number of hydrogen-bond donors (Lipinski definition) is 1. The standard InChI is InChI=1S/C12H9N3O3/c16-7-8-4-13-12-10(11(8)17)5-14-15(12)6-9-2-1-3-18-9/h1-5,7H,6H2,(H,13,17). The van der Waals surface area contributed by atoms with E-state index in [2.05, 4.69) is 10.1 Å². The minimum Gasteiger partial charge on any atom is -0.467 e. The second-order valence-electron chi connectivity index (χ2n) is 3.83. The van der Waals surface area contributed by atoms with Gasteiger partial charge >= 0.3 is 0 Å². The van der Waals surface area contributed by atoms with Crippen molar-refractivity contribution < 1.29 is 9.21 Å². The van der Waals surface area contributed by atoms with Crippen LogP contribution in [0.5, 0.6) is 0 Å². The molecule has 0 amide bonds. The summed E-state index contributed by atoms with van der Waals surface area (Å²) in [6.45, 7) is 0.423. The number of aromatic amines is 1. The lowest BCUT2D eigenvalue weighted by Crippen LogP contribution is -2.10. The Labute approximate surface area is 101 Å². The third-order valence-electron chi connectivity index (χ3n) is 2.72. The molecule has 0 fully saturated rings. The topological polar surface area (TPSA) is 80.9 Å². The van der Waals surface area contributed by atoms with Gasteiger partial charge in [-0.25, -0.2) is 4.68 Å². The lowest BCUT2D eigenvalue weighted by Gasteiger charge is -2.00. The highest BCUT2D eigenvalue weighted by Crippen LogP contribution is 2.10. The van der Waals surface area contributed by atoms with Crippen molar-refractivity contribution >= 4 is 17.3 Å². The number of hydrogen-bond acceptors (Lipinski definition) is 4. The molecule has 3 heterocycles. The zero-order valence-electron chi connectivity index (χ0n) is 9.29. The number of fused-ring (bicyclic) bond motifs is 1. The Kier molecular flexibility index (Phi) is 2.33. The van der Waals surface area contributed by atoms with E-state index in [0.29, 0.717) is 23.9 Å². The molecule has 6 nitrogen and oxygen atoms in total. The maximum absolute atomic E-state index is 11.8. The molecule has 6 heteroatoms. The Hall–Kier alpha value is -2.63. The molecule has 0 saturated heterocycles. The molecule has 0 radical (unpaired) electrons. The van der Waals surface area contributed by atoms with Gasteiger partial charge in [0.25, 0.3) is 0 Å². The Morgan fingerprint density at radius 2 is 2.39 bits per heavy atom. The van der Waals surface area contributed by atoms with Crippen LogP contribution in [0, 0.1) is 0 Å². The van der Waals surface area contributed by atoms with Crippen molar-refractivity contribution in [3.63, 3.8) is 0 Å². The van der Waals surface area contributed by atoms with Crippen LogP contribution < -0.4 is 5.43 Å². The summed E-state index contributed by atoms with van der Waals surface area (Å²) in [4.78, 5) is 25.4. The Balaban J connectivity index is 2.13. The van der Waals surface area contributed by atoms with Crippen LogP contribution in [0.2, 0.25) is 0 Å². The molecule has 3 aromatic heterocycles. The maximum Gasteiger partial charge on any atom is 0.203 e. The predicted molar refractivity (Wildman–Crippen MR) is 63.6 cm³/mol. The van der Waals surface area contributed by atoms with Gasteiger partial charge in [-0.2, -0.15) is 5.10 Å². The number of nitrogens with one attached hydrogen (secondary N) is 1. The summed E-state index contributed by atoms with van der Waals surface area (Å²) in [6.07, 6.45) is 4.94. The fourth-order valence-electron chi connectivity index (χ4n) is 1.83.